The van der Waals surface area contributed by atoms with Crippen molar-refractivity contribution < 1.29 is 19.1 Å². The number of esters is 1. The highest BCUT2D eigenvalue weighted by Gasteiger charge is 2.23. The molecule has 0 unspecified atom stereocenters. The second-order valence-corrected chi connectivity index (χ2v) is 7.25. The molecule has 26 heavy (non-hydrogen) atoms. The Hall–Kier alpha value is -1.79. The van der Waals surface area contributed by atoms with Crippen molar-refractivity contribution >= 4 is 41.0 Å². The van der Waals surface area contributed by atoms with Gasteiger partial charge in [-0.15, -0.1) is 0 Å². The minimum Gasteiger partial charge on any atom is -0.454 e. The third-order valence-electron chi connectivity index (χ3n) is 4.39. The second kappa shape index (κ2) is 9.78. The van der Waals surface area contributed by atoms with Crippen molar-refractivity contribution in [2.24, 2.45) is 5.92 Å². The SMILES string of the molecule is C[C@H]1CCCC[C@@H]1NC(=O)COC(=O)CNC(=O)c1ccc(Cl)cc1Cl. The minimum absolute atomic E-state index is 0.127. The van der Waals surface area contributed by atoms with Gasteiger partial charge in [-0.1, -0.05) is 43.0 Å². The summed E-state index contributed by atoms with van der Waals surface area (Å²) in [4.78, 5) is 35.6. The first-order valence-electron chi connectivity index (χ1n) is 8.55. The van der Waals surface area contributed by atoms with E-state index in [2.05, 4.69) is 17.6 Å². The van der Waals surface area contributed by atoms with Gasteiger partial charge >= 0.3 is 5.97 Å². The van der Waals surface area contributed by atoms with E-state index in [4.69, 9.17) is 27.9 Å². The van der Waals surface area contributed by atoms with Crippen LogP contribution in [0.5, 0.6) is 0 Å². The molecule has 2 atom stereocenters. The molecule has 1 aliphatic carbocycles. The number of amides is 2. The number of ether oxygens (including phenoxy) is 1. The van der Waals surface area contributed by atoms with Crippen molar-refractivity contribution in [3.8, 4) is 0 Å². The van der Waals surface area contributed by atoms with Crippen LogP contribution >= 0.6 is 23.2 Å². The van der Waals surface area contributed by atoms with Gasteiger partial charge in [0.15, 0.2) is 6.61 Å². The predicted molar refractivity (Wildman–Crippen MR) is 99.3 cm³/mol. The molecule has 1 fully saturated rings. The molecule has 0 aliphatic heterocycles. The maximum absolute atomic E-state index is 12.0. The molecule has 2 N–H and O–H groups in total. The van der Waals surface area contributed by atoms with Gasteiger partial charge in [0.2, 0.25) is 0 Å². The molecule has 1 saturated carbocycles. The van der Waals surface area contributed by atoms with E-state index in [-0.39, 0.29) is 35.7 Å². The van der Waals surface area contributed by atoms with Crippen LogP contribution in [0.25, 0.3) is 0 Å². The van der Waals surface area contributed by atoms with Crippen LogP contribution in [0.15, 0.2) is 18.2 Å². The normalized spacial score (nSPS) is 19.5. The molecular weight excluding hydrogens is 379 g/mol. The molecule has 1 aromatic carbocycles. The number of nitrogens with one attached hydrogen (secondary N) is 2. The van der Waals surface area contributed by atoms with E-state index in [0.29, 0.717) is 10.9 Å². The molecule has 142 valence electrons. The van der Waals surface area contributed by atoms with E-state index >= 15 is 0 Å². The summed E-state index contributed by atoms with van der Waals surface area (Å²) in [6, 6.07) is 4.55. The van der Waals surface area contributed by atoms with Crippen LogP contribution < -0.4 is 10.6 Å². The molecular formula is C18H22Cl2N2O4. The van der Waals surface area contributed by atoms with Gasteiger partial charge in [-0.3, -0.25) is 14.4 Å². The fraction of sp³-hybridized carbons (Fsp3) is 0.500. The predicted octanol–water partition coefficient (Wildman–Crippen LogP) is 2.96. The van der Waals surface area contributed by atoms with Crippen molar-refractivity contribution in [3.63, 3.8) is 0 Å². The number of carbonyl (C=O) groups excluding carboxylic acids is 3. The highest BCUT2D eigenvalue weighted by atomic mass is 35.5. The average molecular weight is 401 g/mol. The Morgan fingerprint density at radius 3 is 2.62 bits per heavy atom. The van der Waals surface area contributed by atoms with Gasteiger partial charge in [-0.25, -0.2) is 0 Å². The number of benzene rings is 1. The van der Waals surface area contributed by atoms with Crippen LogP contribution in [0, 0.1) is 5.92 Å². The van der Waals surface area contributed by atoms with Gasteiger partial charge in [0.05, 0.1) is 10.6 Å². The topological polar surface area (TPSA) is 84.5 Å². The van der Waals surface area contributed by atoms with Crippen LogP contribution in [0.3, 0.4) is 0 Å². The Morgan fingerprint density at radius 1 is 1.19 bits per heavy atom. The molecule has 0 radical (unpaired) electrons. The van der Waals surface area contributed by atoms with E-state index < -0.39 is 11.9 Å². The zero-order chi connectivity index (χ0) is 19.1. The van der Waals surface area contributed by atoms with Crippen molar-refractivity contribution in [3.05, 3.63) is 33.8 Å². The molecule has 2 amide bonds. The molecule has 0 spiro atoms. The molecule has 1 aromatic rings. The van der Waals surface area contributed by atoms with Gasteiger partial charge in [0.1, 0.15) is 6.54 Å². The Bertz CT molecular complexity index is 681. The maximum atomic E-state index is 12.0. The van der Waals surface area contributed by atoms with Crippen LogP contribution in [-0.2, 0) is 14.3 Å². The van der Waals surface area contributed by atoms with Gasteiger partial charge in [0.25, 0.3) is 11.8 Å². The fourth-order valence-electron chi connectivity index (χ4n) is 2.90. The summed E-state index contributed by atoms with van der Waals surface area (Å²) in [6.45, 7) is 1.39. The average Bonchev–Trinajstić information content (AvgIpc) is 2.60. The third-order valence-corrected chi connectivity index (χ3v) is 4.94. The molecule has 0 bridgehead atoms. The van der Waals surface area contributed by atoms with Crippen molar-refractivity contribution in [1.29, 1.82) is 0 Å². The lowest BCUT2D eigenvalue weighted by Gasteiger charge is -2.29. The molecule has 8 heteroatoms. The first-order valence-corrected chi connectivity index (χ1v) is 9.30. The third kappa shape index (κ3) is 6.18. The first-order chi connectivity index (χ1) is 12.4. The largest absolute Gasteiger partial charge is 0.454 e. The number of halogens is 2. The van der Waals surface area contributed by atoms with E-state index in [1.165, 1.54) is 24.6 Å². The summed E-state index contributed by atoms with van der Waals surface area (Å²) in [5.74, 6) is -1.13. The zero-order valence-corrected chi connectivity index (χ0v) is 16.0. The molecule has 2 rings (SSSR count). The quantitative estimate of drug-likeness (QED) is 0.718. The number of rotatable bonds is 6. The Morgan fingerprint density at radius 2 is 1.92 bits per heavy atom. The minimum atomic E-state index is -0.699. The van der Waals surface area contributed by atoms with E-state index in [9.17, 15) is 14.4 Å². The molecule has 6 nitrogen and oxygen atoms in total. The molecule has 0 saturated heterocycles. The first kappa shape index (κ1) is 20.5. The lowest BCUT2D eigenvalue weighted by molar-refractivity contribution is -0.147. The Labute approximate surface area is 162 Å². The van der Waals surface area contributed by atoms with Crippen molar-refractivity contribution in [2.45, 2.75) is 38.6 Å². The van der Waals surface area contributed by atoms with Crippen LogP contribution in [0.4, 0.5) is 0 Å². The molecule has 0 aromatic heterocycles. The lowest BCUT2D eigenvalue weighted by Crippen LogP contribution is -2.43. The van der Waals surface area contributed by atoms with E-state index in [1.54, 1.807) is 0 Å². The summed E-state index contributed by atoms with van der Waals surface area (Å²) >= 11 is 11.7. The van der Waals surface area contributed by atoms with Crippen LogP contribution in [0.1, 0.15) is 43.0 Å². The Balaban J connectivity index is 1.71. The monoisotopic (exact) mass is 400 g/mol. The summed E-state index contributed by atoms with van der Waals surface area (Å²) < 4.78 is 4.90. The van der Waals surface area contributed by atoms with Crippen LogP contribution in [-0.4, -0.2) is 37.0 Å². The summed E-state index contributed by atoms with van der Waals surface area (Å²) in [7, 11) is 0. The number of hydrogen-bond donors (Lipinski definition) is 2. The van der Waals surface area contributed by atoms with E-state index in [1.807, 2.05) is 0 Å². The van der Waals surface area contributed by atoms with Gasteiger partial charge in [-0.05, 0) is 37.0 Å². The summed E-state index contributed by atoms with van der Waals surface area (Å²) in [6.07, 6.45) is 4.30. The summed E-state index contributed by atoms with van der Waals surface area (Å²) in [5, 5.41) is 5.88. The lowest BCUT2D eigenvalue weighted by atomic mass is 9.86. The summed E-state index contributed by atoms with van der Waals surface area (Å²) in [5.41, 5.74) is 0.202. The molecule has 0 heterocycles. The fourth-order valence-corrected chi connectivity index (χ4v) is 3.39. The van der Waals surface area contributed by atoms with Crippen molar-refractivity contribution in [1.82, 2.24) is 10.6 Å². The van der Waals surface area contributed by atoms with Gasteiger partial charge in [-0.2, -0.15) is 0 Å². The van der Waals surface area contributed by atoms with Crippen molar-refractivity contribution in [2.75, 3.05) is 13.2 Å². The zero-order valence-electron chi connectivity index (χ0n) is 14.5. The van der Waals surface area contributed by atoms with Gasteiger partial charge < -0.3 is 15.4 Å². The molecule has 1 aliphatic rings. The maximum Gasteiger partial charge on any atom is 0.325 e. The van der Waals surface area contributed by atoms with Gasteiger partial charge in [0, 0.05) is 11.1 Å². The van der Waals surface area contributed by atoms with E-state index in [0.717, 1.165) is 19.3 Å². The smallest absolute Gasteiger partial charge is 0.325 e. The van der Waals surface area contributed by atoms with Crippen LogP contribution in [0.2, 0.25) is 10.0 Å². The highest BCUT2D eigenvalue weighted by Crippen LogP contribution is 2.23. The highest BCUT2D eigenvalue weighted by molar-refractivity contribution is 6.36. The number of carbonyl (C=O) groups is 3. The Kier molecular flexibility index (Phi) is 7.72. The number of hydrogen-bond acceptors (Lipinski definition) is 4. The standard InChI is InChI=1S/C18H22Cl2N2O4/c1-11-4-2-3-5-15(11)22-16(23)10-26-17(24)9-21-18(25)13-7-6-12(19)8-14(13)20/h6-8,11,15H,2-5,9-10H2,1H3,(H,21,25)(H,22,23)/t11-,15-/m0/s1. The second-order valence-electron chi connectivity index (χ2n) is 6.40.